The van der Waals surface area contributed by atoms with Gasteiger partial charge in [-0.1, -0.05) is 48.6 Å². The molecule has 2 aromatic carbocycles. The van der Waals surface area contributed by atoms with Gasteiger partial charge in [-0.3, -0.25) is 10.1 Å². The first-order valence-corrected chi connectivity index (χ1v) is 8.64. The second kappa shape index (κ2) is 7.63. The molecule has 0 spiro atoms. The van der Waals surface area contributed by atoms with Crippen molar-refractivity contribution in [3.63, 3.8) is 0 Å². The van der Waals surface area contributed by atoms with Crippen molar-refractivity contribution >= 4 is 28.6 Å². The molecule has 0 saturated heterocycles. The Labute approximate surface area is 147 Å². The minimum atomic E-state index is -1.40. The average Bonchev–Trinajstić information content (AvgIpc) is 2.67. The lowest BCUT2D eigenvalue weighted by Gasteiger charge is -2.05. The molecule has 1 heterocycles. The monoisotopic (exact) mass is 350 g/mol. The molecule has 0 aliphatic carbocycles. The van der Waals surface area contributed by atoms with E-state index in [0.29, 0.717) is 15.5 Å². The van der Waals surface area contributed by atoms with Crippen molar-refractivity contribution in [2.75, 3.05) is 0 Å². The van der Waals surface area contributed by atoms with Crippen LogP contribution in [0.15, 0.2) is 82.8 Å². The van der Waals surface area contributed by atoms with Crippen LogP contribution in [-0.2, 0) is 10.8 Å². The highest BCUT2D eigenvalue weighted by atomic mass is 32.2. The van der Waals surface area contributed by atoms with Gasteiger partial charge in [0.2, 0.25) is 0 Å². The Kier molecular flexibility index (Phi) is 5.11. The Morgan fingerprint density at radius 3 is 2.52 bits per heavy atom. The molecule has 0 radical (unpaired) electrons. The van der Waals surface area contributed by atoms with Gasteiger partial charge in [0, 0.05) is 18.3 Å². The van der Waals surface area contributed by atoms with Crippen molar-refractivity contribution in [2.45, 2.75) is 9.92 Å². The van der Waals surface area contributed by atoms with Crippen LogP contribution in [0.25, 0.3) is 12.2 Å². The maximum Gasteiger partial charge on any atom is 0.270 e. The summed E-state index contributed by atoms with van der Waals surface area (Å²) in [5, 5.41) is 11.3. The molecule has 124 valence electrons. The fourth-order valence-corrected chi connectivity index (χ4v) is 3.42. The quantitative estimate of drug-likeness (QED) is 0.390. The summed E-state index contributed by atoms with van der Waals surface area (Å²) >= 11 is 0. The number of hydrogen-bond donors (Lipinski definition) is 0. The number of benzene rings is 2. The van der Waals surface area contributed by atoms with E-state index < -0.39 is 15.7 Å². The first-order chi connectivity index (χ1) is 12.1. The summed E-state index contributed by atoms with van der Waals surface area (Å²) in [7, 11) is -1.40. The van der Waals surface area contributed by atoms with E-state index in [9.17, 15) is 14.3 Å². The van der Waals surface area contributed by atoms with Gasteiger partial charge in [0.25, 0.3) is 5.69 Å². The number of non-ortho nitro benzene ring substituents is 1. The zero-order valence-corrected chi connectivity index (χ0v) is 13.9. The molecular formula is C19H14N2O3S. The summed E-state index contributed by atoms with van der Waals surface area (Å²) < 4.78 is 12.7. The molecule has 5 nitrogen and oxygen atoms in total. The number of aromatic nitrogens is 1. The van der Waals surface area contributed by atoms with E-state index in [1.54, 1.807) is 54.7 Å². The first-order valence-electron chi connectivity index (χ1n) is 7.49. The van der Waals surface area contributed by atoms with Crippen LogP contribution in [0.5, 0.6) is 0 Å². The van der Waals surface area contributed by atoms with E-state index in [1.165, 1.54) is 12.1 Å². The zero-order chi connectivity index (χ0) is 17.6. The van der Waals surface area contributed by atoms with Crippen molar-refractivity contribution < 1.29 is 9.13 Å². The fourth-order valence-electron chi connectivity index (χ4n) is 2.28. The predicted octanol–water partition coefficient (Wildman–Crippen LogP) is 4.33. The molecule has 0 saturated carbocycles. The Hall–Kier alpha value is -3.12. The van der Waals surface area contributed by atoms with Crippen LogP contribution in [0.1, 0.15) is 11.1 Å². The smallest absolute Gasteiger partial charge is 0.258 e. The predicted molar refractivity (Wildman–Crippen MR) is 97.4 cm³/mol. The van der Waals surface area contributed by atoms with Crippen molar-refractivity contribution in [3.8, 4) is 0 Å². The van der Waals surface area contributed by atoms with Crippen LogP contribution in [0.3, 0.4) is 0 Å². The van der Waals surface area contributed by atoms with Gasteiger partial charge in [-0.05, 0) is 29.3 Å². The normalized spacial score (nSPS) is 12.2. The third kappa shape index (κ3) is 4.05. The zero-order valence-electron chi connectivity index (χ0n) is 13.1. The molecule has 25 heavy (non-hydrogen) atoms. The lowest BCUT2D eigenvalue weighted by Crippen LogP contribution is -1.97. The molecule has 0 bridgehead atoms. The third-order valence-electron chi connectivity index (χ3n) is 3.48. The van der Waals surface area contributed by atoms with Gasteiger partial charge < -0.3 is 0 Å². The van der Waals surface area contributed by atoms with Gasteiger partial charge in [-0.25, -0.2) is 9.19 Å². The molecule has 6 heteroatoms. The van der Waals surface area contributed by atoms with Gasteiger partial charge >= 0.3 is 0 Å². The number of nitrogens with zero attached hydrogens (tertiary/aromatic N) is 2. The highest BCUT2D eigenvalue weighted by Gasteiger charge is 2.11. The van der Waals surface area contributed by atoms with Crippen molar-refractivity contribution in [3.05, 3.63) is 94.2 Å². The van der Waals surface area contributed by atoms with Gasteiger partial charge in [0.15, 0.2) is 0 Å². The molecule has 3 aromatic rings. The van der Waals surface area contributed by atoms with E-state index in [0.717, 1.165) is 5.56 Å². The van der Waals surface area contributed by atoms with E-state index in [-0.39, 0.29) is 5.69 Å². The summed E-state index contributed by atoms with van der Waals surface area (Å²) in [6.45, 7) is 0. The summed E-state index contributed by atoms with van der Waals surface area (Å²) in [6, 6.07) is 19.0. The first kappa shape index (κ1) is 16.7. The van der Waals surface area contributed by atoms with Crippen LogP contribution in [0.4, 0.5) is 5.69 Å². The maximum absolute atomic E-state index is 12.7. The Balaban J connectivity index is 1.93. The van der Waals surface area contributed by atoms with E-state index in [4.69, 9.17) is 0 Å². The Morgan fingerprint density at radius 1 is 0.960 bits per heavy atom. The molecule has 0 amide bonds. The summed E-state index contributed by atoms with van der Waals surface area (Å²) in [6.07, 6.45) is 5.17. The molecule has 1 atom stereocenters. The molecule has 3 rings (SSSR count). The number of rotatable bonds is 5. The van der Waals surface area contributed by atoms with Gasteiger partial charge in [-0.15, -0.1) is 0 Å². The summed E-state index contributed by atoms with van der Waals surface area (Å²) in [5.74, 6) is 0. The number of nitro benzene ring substituents is 1. The van der Waals surface area contributed by atoms with Crippen molar-refractivity contribution in [1.29, 1.82) is 0 Å². The highest BCUT2D eigenvalue weighted by molar-refractivity contribution is 7.85. The minimum Gasteiger partial charge on any atom is -0.258 e. The second-order valence-electron chi connectivity index (χ2n) is 5.16. The minimum absolute atomic E-state index is 0.0347. The van der Waals surface area contributed by atoms with Crippen LogP contribution in [0, 0.1) is 10.1 Å². The molecule has 1 aromatic heterocycles. The van der Waals surface area contributed by atoms with Crippen LogP contribution in [0.2, 0.25) is 0 Å². The topological polar surface area (TPSA) is 73.1 Å². The standard InChI is InChI=1S/C19H14N2O3S/c22-21(23)17-8-5-6-15(14-17)11-12-16-7-1-2-9-18(16)25(24)19-10-3-4-13-20-19/h1-14H/b12-11+. The second-order valence-corrected chi connectivity index (χ2v) is 6.56. The van der Waals surface area contributed by atoms with Crippen LogP contribution >= 0.6 is 0 Å². The molecule has 0 N–H and O–H groups in total. The Bertz CT molecular complexity index is 956. The fraction of sp³-hybridized carbons (Fsp3) is 0. The Morgan fingerprint density at radius 2 is 1.76 bits per heavy atom. The molecule has 1 unspecified atom stereocenters. The van der Waals surface area contributed by atoms with Crippen LogP contribution in [-0.4, -0.2) is 14.1 Å². The molecule has 0 aliphatic rings. The van der Waals surface area contributed by atoms with E-state index in [2.05, 4.69) is 4.98 Å². The molecule has 0 fully saturated rings. The molecule has 0 aliphatic heterocycles. The van der Waals surface area contributed by atoms with E-state index >= 15 is 0 Å². The third-order valence-corrected chi connectivity index (χ3v) is 4.88. The largest absolute Gasteiger partial charge is 0.270 e. The van der Waals surface area contributed by atoms with E-state index in [1.807, 2.05) is 18.2 Å². The lowest BCUT2D eigenvalue weighted by atomic mass is 10.1. The SMILES string of the molecule is O=[N+]([O-])c1cccc(/C=C/c2ccccc2S(=O)c2ccccn2)c1. The maximum atomic E-state index is 12.7. The number of nitro groups is 1. The average molecular weight is 350 g/mol. The van der Waals surface area contributed by atoms with Gasteiger partial charge in [0.1, 0.15) is 15.8 Å². The van der Waals surface area contributed by atoms with Gasteiger partial charge in [0.05, 0.1) is 9.82 Å². The lowest BCUT2D eigenvalue weighted by molar-refractivity contribution is -0.384. The number of pyridine rings is 1. The molecular weight excluding hydrogens is 336 g/mol. The van der Waals surface area contributed by atoms with Gasteiger partial charge in [-0.2, -0.15) is 0 Å². The number of hydrogen-bond acceptors (Lipinski definition) is 4. The van der Waals surface area contributed by atoms with Crippen molar-refractivity contribution in [1.82, 2.24) is 4.98 Å². The van der Waals surface area contributed by atoms with Crippen LogP contribution < -0.4 is 0 Å². The highest BCUT2D eigenvalue weighted by Crippen LogP contribution is 2.22. The summed E-state index contributed by atoms with van der Waals surface area (Å²) in [4.78, 5) is 15.2. The van der Waals surface area contributed by atoms with Crippen molar-refractivity contribution in [2.24, 2.45) is 0 Å². The summed E-state index contributed by atoms with van der Waals surface area (Å²) in [5.41, 5.74) is 1.51.